The zero-order valence-electron chi connectivity index (χ0n) is 23.4. The largest absolute Gasteiger partial charge is 0.487 e. The maximum Gasteiger partial charge on any atom is 0.245 e. The molecule has 1 amide bonds. The molecule has 14 heteroatoms. The Balaban J connectivity index is 1.42. The molecule has 3 heterocycles. The van der Waals surface area contributed by atoms with Crippen molar-refractivity contribution in [1.82, 2.24) is 34.3 Å². The van der Waals surface area contributed by atoms with E-state index in [2.05, 4.69) is 20.4 Å². The van der Waals surface area contributed by atoms with E-state index < -0.39 is 16.1 Å². The summed E-state index contributed by atoms with van der Waals surface area (Å²) in [6.07, 6.45) is 4.05. The van der Waals surface area contributed by atoms with E-state index in [0.29, 0.717) is 42.8 Å². The molecule has 1 aliphatic rings. The lowest BCUT2D eigenvalue weighted by atomic mass is 10.1. The lowest BCUT2D eigenvalue weighted by Gasteiger charge is -2.25. The lowest BCUT2D eigenvalue weighted by molar-refractivity contribution is -0.124. The maximum atomic E-state index is 13.8. The molecule has 0 spiro atoms. The number of pyridine rings is 1. The van der Waals surface area contributed by atoms with Gasteiger partial charge in [-0.05, 0) is 58.1 Å². The number of likely N-dealkylation sites (N-methyl/N-ethyl adjacent to an activating group) is 1. The number of amides is 1. The highest BCUT2D eigenvalue weighted by atomic mass is 35.5. The molecular weight excluding hydrogens is 601 g/mol. The van der Waals surface area contributed by atoms with Gasteiger partial charge < -0.3 is 15.0 Å². The van der Waals surface area contributed by atoms with Gasteiger partial charge in [0.2, 0.25) is 15.9 Å². The van der Waals surface area contributed by atoms with E-state index in [9.17, 15) is 13.2 Å². The van der Waals surface area contributed by atoms with Gasteiger partial charge in [-0.1, -0.05) is 35.3 Å². The zero-order valence-corrected chi connectivity index (χ0v) is 25.7. The molecule has 1 saturated heterocycles. The van der Waals surface area contributed by atoms with Crippen molar-refractivity contribution in [3.8, 4) is 11.4 Å². The average Bonchev–Trinajstić information content (AvgIpc) is 3.65. The third-order valence-corrected chi connectivity index (χ3v) is 9.90. The molecule has 0 saturated carbocycles. The molecule has 2 aromatic heterocycles. The Kier molecular flexibility index (Phi) is 9.00. The highest BCUT2D eigenvalue weighted by Crippen LogP contribution is 2.37. The molecule has 11 nitrogen and oxygen atoms in total. The number of ether oxygens (including phenoxy) is 1. The predicted octanol–water partition coefficient (Wildman–Crippen LogP) is 3.84. The first-order valence-electron chi connectivity index (χ1n) is 13.4. The Morgan fingerprint density at radius 1 is 1.21 bits per heavy atom. The molecule has 2 aromatic carbocycles. The van der Waals surface area contributed by atoms with Crippen molar-refractivity contribution in [3.05, 3.63) is 70.4 Å². The molecule has 222 valence electrons. The molecule has 42 heavy (non-hydrogen) atoms. The summed E-state index contributed by atoms with van der Waals surface area (Å²) in [5.41, 5.74) is 2.45. The number of hydrogen-bond acceptors (Lipinski definition) is 8. The number of nitrogens with one attached hydrogen (secondary N) is 1. The molecule has 1 N–H and O–H groups in total. The van der Waals surface area contributed by atoms with Crippen LogP contribution in [0, 0.1) is 6.92 Å². The lowest BCUT2D eigenvalue weighted by Crippen LogP contribution is -2.47. The Bertz CT molecular complexity index is 1720. The third-order valence-electron chi connectivity index (χ3n) is 7.05. The quantitative estimate of drug-likeness (QED) is 0.280. The Hall–Kier alpha value is -3.29. The van der Waals surface area contributed by atoms with E-state index in [1.807, 2.05) is 44.1 Å². The van der Waals surface area contributed by atoms with Crippen LogP contribution >= 0.6 is 23.2 Å². The van der Waals surface area contributed by atoms with Gasteiger partial charge in [-0.3, -0.25) is 4.79 Å². The molecule has 0 radical (unpaired) electrons. The summed E-state index contributed by atoms with van der Waals surface area (Å²) < 4.78 is 36.6. The topological polar surface area (TPSA) is 123 Å². The first-order chi connectivity index (χ1) is 20.1. The Morgan fingerprint density at radius 2 is 2.02 bits per heavy atom. The van der Waals surface area contributed by atoms with Crippen LogP contribution in [0.5, 0.6) is 5.75 Å². The Morgan fingerprint density at radius 3 is 2.76 bits per heavy atom. The number of nitrogens with zero attached hydrogens (tertiary/aromatic N) is 6. The highest BCUT2D eigenvalue weighted by molar-refractivity contribution is 7.89. The normalized spacial score (nSPS) is 15.9. The minimum absolute atomic E-state index is 0.0474. The van der Waals surface area contributed by atoms with E-state index in [1.54, 1.807) is 17.1 Å². The number of carbonyl (C=O) groups excluding carboxylic acids is 1. The summed E-state index contributed by atoms with van der Waals surface area (Å²) in [5.74, 6) is 0.141. The van der Waals surface area contributed by atoms with Crippen LogP contribution in [0.3, 0.4) is 0 Å². The van der Waals surface area contributed by atoms with E-state index in [1.165, 1.54) is 22.8 Å². The molecule has 1 aliphatic heterocycles. The van der Waals surface area contributed by atoms with Crippen molar-refractivity contribution in [1.29, 1.82) is 0 Å². The van der Waals surface area contributed by atoms with Gasteiger partial charge in [0, 0.05) is 41.3 Å². The Labute approximate surface area is 254 Å². The van der Waals surface area contributed by atoms with Crippen LogP contribution in [0.4, 0.5) is 0 Å². The van der Waals surface area contributed by atoms with Crippen molar-refractivity contribution >= 4 is 50.0 Å². The minimum atomic E-state index is -4.11. The van der Waals surface area contributed by atoms with Gasteiger partial charge in [0.05, 0.1) is 10.7 Å². The molecule has 1 fully saturated rings. The van der Waals surface area contributed by atoms with Crippen LogP contribution in [0.2, 0.25) is 10.0 Å². The van der Waals surface area contributed by atoms with Crippen molar-refractivity contribution in [3.63, 3.8) is 0 Å². The van der Waals surface area contributed by atoms with E-state index >= 15 is 0 Å². The molecule has 5 rings (SSSR count). The third kappa shape index (κ3) is 6.09. The zero-order chi connectivity index (χ0) is 30.0. The molecule has 0 bridgehead atoms. The first kappa shape index (κ1) is 30.2. The summed E-state index contributed by atoms with van der Waals surface area (Å²) in [6.45, 7) is 3.04. The van der Waals surface area contributed by atoms with Gasteiger partial charge in [0.25, 0.3) is 0 Å². The number of rotatable bonds is 10. The van der Waals surface area contributed by atoms with Crippen molar-refractivity contribution in [2.24, 2.45) is 0 Å². The van der Waals surface area contributed by atoms with Crippen LogP contribution < -0.4 is 10.1 Å². The standard InChI is InChI=1S/C28H31Cl2N7O4S/c1-18-14-23(36-17-31-16-33-36)19-6-4-8-24(27(19)34-18)41-15-20-21(29)9-10-25(26(20)30)42(39,40)37-12-5-7-22(37)28(38)32-11-13-35(2)3/h4,6,8-10,14,16-17,22H,5,7,11-13,15H2,1-3H3,(H,32,38). The SMILES string of the molecule is Cc1cc(-n2cncn2)c2cccc(OCc3c(Cl)ccc(S(=O)(=O)N4CCCC4C(=O)NCCN(C)C)c3Cl)c2n1. The number of halogens is 2. The second kappa shape index (κ2) is 12.5. The number of hydrogen-bond donors (Lipinski definition) is 1. The summed E-state index contributed by atoms with van der Waals surface area (Å²) in [5, 5.41) is 8.08. The number of fused-ring (bicyclic) bond motifs is 1. The van der Waals surface area contributed by atoms with Crippen LogP contribution in [0.15, 0.2) is 53.9 Å². The summed E-state index contributed by atoms with van der Waals surface area (Å²) in [6, 6.07) is 9.44. The molecule has 1 atom stereocenters. The maximum absolute atomic E-state index is 13.8. The van der Waals surface area contributed by atoms with Crippen molar-refractivity contribution in [2.45, 2.75) is 37.3 Å². The van der Waals surface area contributed by atoms with Crippen LogP contribution in [0.25, 0.3) is 16.6 Å². The number of aromatic nitrogens is 4. The van der Waals surface area contributed by atoms with Crippen LogP contribution in [0.1, 0.15) is 24.1 Å². The number of carbonyl (C=O) groups is 1. The number of sulfonamides is 1. The highest BCUT2D eigenvalue weighted by Gasteiger charge is 2.40. The monoisotopic (exact) mass is 631 g/mol. The summed E-state index contributed by atoms with van der Waals surface area (Å²) in [7, 11) is -0.312. The van der Waals surface area contributed by atoms with E-state index in [-0.39, 0.29) is 34.0 Å². The van der Waals surface area contributed by atoms with Crippen molar-refractivity contribution in [2.75, 3.05) is 33.7 Å². The smallest absolute Gasteiger partial charge is 0.245 e. The average molecular weight is 633 g/mol. The molecule has 4 aromatic rings. The fourth-order valence-corrected chi connectivity index (χ4v) is 7.48. The fraction of sp³-hybridized carbons (Fsp3) is 0.357. The summed E-state index contributed by atoms with van der Waals surface area (Å²) >= 11 is 13.2. The van der Waals surface area contributed by atoms with Crippen LogP contribution in [-0.2, 0) is 21.4 Å². The van der Waals surface area contributed by atoms with E-state index in [4.69, 9.17) is 27.9 Å². The number of benzene rings is 2. The molecular formula is C28H31Cl2N7O4S. The second-order valence-corrected chi connectivity index (χ2v) is 12.9. The van der Waals surface area contributed by atoms with Gasteiger partial charge in [0.1, 0.15) is 41.5 Å². The first-order valence-corrected chi connectivity index (χ1v) is 15.6. The minimum Gasteiger partial charge on any atom is -0.487 e. The number of para-hydroxylation sites is 1. The van der Waals surface area contributed by atoms with Crippen LogP contribution in [-0.4, -0.2) is 83.0 Å². The molecule has 1 unspecified atom stereocenters. The van der Waals surface area contributed by atoms with Gasteiger partial charge in [0.15, 0.2) is 0 Å². The van der Waals surface area contributed by atoms with E-state index in [0.717, 1.165) is 16.8 Å². The van der Waals surface area contributed by atoms with Gasteiger partial charge >= 0.3 is 0 Å². The van der Waals surface area contributed by atoms with Gasteiger partial charge in [-0.25, -0.2) is 23.1 Å². The van der Waals surface area contributed by atoms with Gasteiger partial charge in [-0.15, -0.1) is 0 Å². The molecule has 0 aliphatic carbocycles. The summed E-state index contributed by atoms with van der Waals surface area (Å²) in [4.78, 5) is 23.4. The second-order valence-electron chi connectivity index (χ2n) is 10.3. The fourth-order valence-electron chi connectivity index (χ4n) is 4.96. The number of aryl methyl sites for hydroxylation is 1. The predicted molar refractivity (Wildman–Crippen MR) is 161 cm³/mol. The van der Waals surface area contributed by atoms with Gasteiger partial charge in [-0.2, -0.15) is 9.40 Å². The van der Waals surface area contributed by atoms with Crippen molar-refractivity contribution < 1.29 is 17.9 Å².